The molecule has 0 amide bonds. The van der Waals surface area contributed by atoms with Crippen LogP contribution in [0.3, 0.4) is 0 Å². The topological polar surface area (TPSA) is 76.3 Å². The first-order chi connectivity index (χ1) is 13.1. The summed E-state index contributed by atoms with van der Waals surface area (Å²) in [7, 11) is 1.71. The van der Waals surface area contributed by atoms with E-state index in [9.17, 15) is 0 Å². The smallest absolute Gasteiger partial charge is 0.159 e. The monoisotopic (exact) mass is 356 g/mol. The maximum Gasteiger partial charge on any atom is 0.159 e. The number of aromatic nitrogens is 4. The maximum absolute atomic E-state index is 4.44. The normalized spacial score (nSPS) is 11.7. The Labute approximate surface area is 158 Å². The highest BCUT2D eigenvalue weighted by molar-refractivity contribution is 6.06. The first kappa shape index (κ1) is 18.3. The van der Waals surface area contributed by atoms with Gasteiger partial charge in [0.05, 0.1) is 0 Å². The summed E-state index contributed by atoms with van der Waals surface area (Å²) in [4.78, 5) is 26.3. The Morgan fingerprint density at radius 2 is 1.56 bits per heavy atom. The number of aryl methyl sites for hydroxylation is 1. The summed E-state index contributed by atoms with van der Waals surface area (Å²) >= 11 is 0. The molecule has 1 aromatic carbocycles. The molecule has 0 aliphatic rings. The molecule has 0 bridgehead atoms. The molecule has 0 saturated carbocycles. The van der Waals surface area contributed by atoms with Crippen LogP contribution in [0.15, 0.2) is 71.2 Å². The fourth-order valence-corrected chi connectivity index (χ4v) is 2.44. The van der Waals surface area contributed by atoms with Crippen molar-refractivity contribution in [3.05, 3.63) is 72.3 Å². The van der Waals surface area contributed by atoms with Gasteiger partial charge in [0, 0.05) is 54.7 Å². The van der Waals surface area contributed by atoms with E-state index >= 15 is 0 Å². The van der Waals surface area contributed by atoms with Gasteiger partial charge in [-0.2, -0.15) is 0 Å². The molecule has 0 fully saturated rings. The van der Waals surface area contributed by atoms with Crippen LogP contribution in [0.25, 0.3) is 22.8 Å². The molecule has 2 heterocycles. The third-order valence-corrected chi connectivity index (χ3v) is 3.67. The van der Waals surface area contributed by atoms with Crippen LogP contribution in [-0.2, 0) is 0 Å². The standard InChI is InChI=1S/C21H20N6/c1-14(2)11-25-19(22-4)16-8-17(20-23-6-5-7-24-20)10-18(9-16)21-26-12-15(3)13-27-21/h5-13H,1H2,2-4H3/b22-19-,25-11-. The molecule has 27 heavy (non-hydrogen) atoms. The Bertz CT molecular complexity index is 1000. The highest BCUT2D eigenvalue weighted by Gasteiger charge is 2.11. The van der Waals surface area contributed by atoms with Crippen molar-refractivity contribution < 1.29 is 0 Å². The number of nitrogens with zero attached hydrogens (tertiary/aromatic N) is 6. The van der Waals surface area contributed by atoms with Crippen molar-refractivity contribution in [2.75, 3.05) is 7.05 Å². The minimum absolute atomic E-state index is 0.587. The van der Waals surface area contributed by atoms with Gasteiger partial charge in [-0.3, -0.25) is 4.99 Å². The molecular formula is C21H20N6. The van der Waals surface area contributed by atoms with Crippen LogP contribution in [0.1, 0.15) is 18.1 Å². The fraction of sp³-hybridized carbons (Fsp3) is 0.143. The van der Waals surface area contributed by atoms with Gasteiger partial charge in [-0.25, -0.2) is 24.9 Å². The summed E-state index contributed by atoms with van der Waals surface area (Å²) in [5.41, 5.74) is 4.38. The third kappa shape index (κ3) is 4.55. The molecule has 0 radical (unpaired) electrons. The first-order valence-electron chi connectivity index (χ1n) is 8.45. The van der Waals surface area contributed by atoms with E-state index in [1.54, 1.807) is 44.1 Å². The molecule has 6 heteroatoms. The average molecular weight is 356 g/mol. The lowest BCUT2D eigenvalue weighted by Gasteiger charge is -2.09. The third-order valence-electron chi connectivity index (χ3n) is 3.67. The summed E-state index contributed by atoms with van der Waals surface area (Å²) in [6.45, 7) is 7.69. The molecule has 0 atom stereocenters. The van der Waals surface area contributed by atoms with Gasteiger partial charge < -0.3 is 0 Å². The second-order valence-electron chi connectivity index (χ2n) is 6.11. The van der Waals surface area contributed by atoms with Crippen molar-refractivity contribution in [2.24, 2.45) is 9.98 Å². The number of aliphatic imine (C=N–C) groups is 2. The van der Waals surface area contributed by atoms with E-state index in [4.69, 9.17) is 0 Å². The van der Waals surface area contributed by atoms with Crippen LogP contribution in [0.4, 0.5) is 0 Å². The van der Waals surface area contributed by atoms with Crippen molar-refractivity contribution >= 4 is 12.1 Å². The molecule has 0 spiro atoms. The van der Waals surface area contributed by atoms with Gasteiger partial charge in [-0.1, -0.05) is 6.58 Å². The number of benzene rings is 1. The van der Waals surface area contributed by atoms with Crippen molar-refractivity contribution in [3.8, 4) is 22.8 Å². The Morgan fingerprint density at radius 3 is 2.11 bits per heavy atom. The minimum Gasteiger partial charge on any atom is -0.270 e. The van der Waals surface area contributed by atoms with Crippen molar-refractivity contribution in [3.63, 3.8) is 0 Å². The Kier molecular flexibility index (Phi) is 5.56. The quantitative estimate of drug-likeness (QED) is 0.524. The van der Waals surface area contributed by atoms with Gasteiger partial charge >= 0.3 is 0 Å². The second kappa shape index (κ2) is 8.23. The predicted octanol–water partition coefficient (Wildman–Crippen LogP) is 3.93. The average Bonchev–Trinajstić information content (AvgIpc) is 2.69. The Morgan fingerprint density at radius 1 is 0.963 bits per heavy atom. The van der Waals surface area contributed by atoms with E-state index in [1.165, 1.54) is 0 Å². The zero-order chi connectivity index (χ0) is 19.2. The van der Waals surface area contributed by atoms with Crippen LogP contribution in [0.5, 0.6) is 0 Å². The van der Waals surface area contributed by atoms with Crippen LogP contribution in [-0.4, -0.2) is 39.0 Å². The molecule has 6 nitrogen and oxygen atoms in total. The van der Waals surface area contributed by atoms with E-state index < -0.39 is 0 Å². The number of hydrogen-bond acceptors (Lipinski definition) is 5. The number of rotatable bonds is 4. The van der Waals surface area contributed by atoms with Gasteiger partial charge in [0.2, 0.25) is 0 Å². The van der Waals surface area contributed by atoms with E-state index in [-0.39, 0.29) is 0 Å². The number of amidine groups is 1. The molecule has 3 rings (SSSR count). The summed E-state index contributed by atoms with van der Waals surface area (Å²) in [6, 6.07) is 7.69. The van der Waals surface area contributed by atoms with Gasteiger partial charge in [-0.15, -0.1) is 0 Å². The molecule has 0 aliphatic carbocycles. The van der Waals surface area contributed by atoms with Gasteiger partial charge in [0.25, 0.3) is 0 Å². The van der Waals surface area contributed by atoms with Crippen molar-refractivity contribution in [1.29, 1.82) is 0 Å². The van der Waals surface area contributed by atoms with Crippen molar-refractivity contribution in [1.82, 2.24) is 19.9 Å². The second-order valence-corrected chi connectivity index (χ2v) is 6.11. The number of allylic oxidation sites excluding steroid dienone is 1. The van der Waals surface area contributed by atoms with E-state index in [0.717, 1.165) is 27.8 Å². The number of hydrogen-bond donors (Lipinski definition) is 0. The first-order valence-corrected chi connectivity index (χ1v) is 8.45. The fourth-order valence-electron chi connectivity index (χ4n) is 2.44. The van der Waals surface area contributed by atoms with Gasteiger partial charge in [0.15, 0.2) is 17.5 Å². The van der Waals surface area contributed by atoms with Crippen molar-refractivity contribution in [2.45, 2.75) is 13.8 Å². The predicted molar refractivity (Wildman–Crippen MR) is 109 cm³/mol. The largest absolute Gasteiger partial charge is 0.270 e. The lowest BCUT2D eigenvalue weighted by atomic mass is 10.0. The Hall–Kier alpha value is -3.54. The van der Waals surface area contributed by atoms with Crippen LogP contribution in [0.2, 0.25) is 0 Å². The molecule has 0 saturated heterocycles. The van der Waals surface area contributed by atoms with E-state index in [1.807, 2.05) is 32.0 Å². The molecule has 0 unspecified atom stereocenters. The van der Waals surface area contributed by atoms with E-state index in [0.29, 0.717) is 17.5 Å². The van der Waals surface area contributed by atoms with Crippen LogP contribution < -0.4 is 0 Å². The molecule has 3 aromatic rings. The summed E-state index contributed by atoms with van der Waals surface area (Å²) in [6.07, 6.45) is 8.70. The summed E-state index contributed by atoms with van der Waals surface area (Å²) in [5, 5.41) is 0. The van der Waals surface area contributed by atoms with Crippen LogP contribution in [0, 0.1) is 6.92 Å². The molecule has 0 aliphatic heterocycles. The van der Waals surface area contributed by atoms with Crippen LogP contribution >= 0.6 is 0 Å². The SMILES string of the molecule is C=C(C)/C=N\C(=N/C)c1cc(-c2ncccn2)cc(-c2ncc(C)cn2)c1. The minimum atomic E-state index is 0.587. The van der Waals surface area contributed by atoms with Gasteiger partial charge in [0.1, 0.15) is 0 Å². The highest BCUT2D eigenvalue weighted by atomic mass is 14.9. The highest BCUT2D eigenvalue weighted by Crippen LogP contribution is 2.25. The molecule has 0 N–H and O–H groups in total. The maximum atomic E-state index is 4.44. The van der Waals surface area contributed by atoms with E-state index in [2.05, 4.69) is 36.5 Å². The lowest BCUT2D eigenvalue weighted by Crippen LogP contribution is -2.01. The Balaban J connectivity index is 2.16. The summed E-state index contributed by atoms with van der Waals surface area (Å²) in [5.74, 6) is 1.83. The molecule has 134 valence electrons. The zero-order valence-electron chi connectivity index (χ0n) is 15.6. The van der Waals surface area contributed by atoms with Gasteiger partial charge in [-0.05, 0) is 49.2 Å². The zero-order valence-corrected chi connectivity index (χ0v) is 15.6. The summed E-state index contributed by atoms with van der Waals surface area (Å²) < 4.78 is 0. The molecular weight excluding hydrogens is 336 g/mol. The molecule has 2 aromatic heterocycles. The lowest BCUT2D eigenvalue weighted by molar-refractivity contribution is 1.13.